The Morgan fingerprint density at radius 3 is 2.35 bits per heavy atom. The van der Waals surface area contributed by atoms with Crippen LogP contribution in [0.3, 0.4) is 0 Å². The van der Waals surface area contributed by atoms with E-state index in [-0.39, 0.29) is 12.5 Å². The van der Waals surface area contributed by atoms with Crippen LogP contribution in [0.25, 0.3) is 0 Å². The molecule has 1 heterocycles. The fraction of sp³-hybridized carbons (Fsp3) is 0.316. The van der Waals surface area contributed by atoms with Crippen LogP contribution in [0.2, 0.25) is 0 Å². The maximum atomic E-state index is 12.6. The van der Waals surface area contributed by atoms with E-state index < -0.39 is 10.0 Å². The standard InChI is InChI=1S/C19H23N3O3S/c1-16-6-5-7-17(14-16)20-19(23)15-21-10-12-22(13-11-21)26(24,25)18-8-3-2-4-9-18/h2-9,14H,10-13,15H2,1H3,(H,20,23). The van der Waals surface area contributed by atoms with Gasteiger partial charge in [0.25, 0.3) is 0 Å². The summed E-state index contributed by atoms with van der Waals surface area (Å²) in [7, 11) is -3.46. The minimum absolute atomic E-state index is 0.0880. The monoisotopic (exact) mass is 373 g/mol. The van der Waals surface area contributed by atoms with Crippen molar-refractivity contribution in [2.24, 2.45) is 0 Å². The number of nitrogens with one attached hydrogen (secondary N) is 1. The molecule has 26 heavy (non-hydrogen) atoms. The zero-order valence-corrected chi connectivity index (χ0v) is 15.6. The summed E-state index contributed by atoms with van der Waals surface area (Å²) in [5.41, 5.74) is 1.86. The lowest BCUT2D eigenvalue weighted by atomic mass is 10.2. The van der Waals surface area contributed by atoms with E-state index in [0.29, 0.717) is 31.1 Å². The molecule has 0 aliphatic carbocycles. The summed E-state index contributed by atoms with van der Waals surface area (Å²) in [6.07, 6.45) is 0. The minimum atomic E-state index is -3.46. The number of nitrogens with zero attached hydrogens (tertiary/aromatic N) is 2. The van der Waals surface area contributed by atoms with E-state index in [4.69, 9.17) is 0 Å². The van der Waals surface area contributed by atoms with Crippen molar-refractivity contribution in [1.82, 2.24) is 9.21 Å². The highest BCUT2D eigenvalue weighted by molar-refractivity contribution is 7.89. The smallest absolute Gasteiger partial charge is 0.243 e. The van der Waals surface area contributed by atoms with E-state index >= 15 is 0 Å². The van der Waals surface area contributed by atoms with Crippen LogP contribution in [-0.2, 0) is 14.8 Å². The highest BCUT2D eigenvalue weighted by Gasteiger charge is 2.28. The molecule has 138 valence electrons. The summed E-state index contributed by atoms with van der Waals surface area (Å²) in [5, 5.41) is 2.88. The molecule has 1 amide bonds. The van der Waals surface area contributed by atoms with Gasteiger partial charge in [0.15, 0.2) is 0 Å². The zero-order chi connectivity index (χ0) is 18.6. The van der Waals surface area contributed by atoms with Crippen LogP contribution in [-0.4, -0.2) is 56.3 Å². The van der Waals surface area contributed by atoms with Gasteiger partial charge in [-0.25, -0.2) is 8.42 Å². The van der Waals surface area contributed by atoms with E-state index in [1.165, 1.54) is 4.31 Å². The molecular formula is C19H23N3O3S. The van der Waals surface area contributed by atoms with Gasteiger partial charge >= 0.3 is 0 Å². The second-order valence-electron chi connectivity index (χ2n) is 6.41. The molecule has 1 saturated heterocycles. The molecule has 0 atom stereocenters. The first-order valence-electron chi connectivity index (χ1n) is 8.59. The Kier molecular flexibility index (Phi) is 5.70. The van der Waals surface area contributed by atoms with Crippen LogP contribution in [0.5, 0.6) is 0 Å². The van der Waals surface area contributed by atoms with Crippen molar-refractivity contribution >= 4 is 21.6 Å². The van der Waals surface area contributed by atoms with Gasteiger partial charge in [0.05, 0.1) is 11.4 Å². The van der Waals surface area contributed by atoms with Gasteiger partial charge in [-0.05, 0) is 36.8 Å². The number of hydrogen-bond acceptors (Lipinski definition) is 4. The van der Waals surface area contributed by atoms with Gasteiger partial charge in [-0.2, -0.15) is 4.31 Å². The van der Waals surface area contributed by atoms with Crippen LogP contribution in [0.1, 0.15) is 5.56 Å². The summed E-state index contributed by atoms with van der Waals surface area (Å²) in [6.45, 7) is 4.07. The van der Waals surface area contributed by atoms with E-state index in [1.54, 1.807) is 30.3 Å². The molecule has 1 aliphatic heterocycles. The summed E-state index contributed by atoms with van der Waals surface area (Å²) in [6, 6.07) is 16.1. The summed E-state index contributed by atoms with van der Waals surface area (Å²) >= 11 is 0. The molecule has 1 aliphatic rings. The number of amides is 1. The molecule has 1 fully saturated rings. The molecule has 7 heteroatoms. The molecule has 6 nitrogen and oxygen atoms in total. The van der Waals surface area contributed by atoms with Crippen LogP contribution in [0.15, 0.2) is 59.5 Å². The van der Waals surface area contributed by atoms with Crippen LogP contribution >= 0.6 is 0 Å². The fourth-order valence-corrected chi connectivity index (χ4v) is 4.44. The van der Waals surface area contributed by atoms with Gasteiger partial charge in [-0.1, -0.05) is 30.3 Å². The van der Waals surface area contributed by atoms with Crippen LogP contribution in [0.4, 0.5) is 5.69 Å². The number of sulfonamides is 1. The number of hydrogen-bond donors (Lipinski definition) is 1. The maximum Gasteiger partial charge on any atom is 0.243 e. The molecule has 0 spiro atoms. The lowest BCUT2D eigenvalue weighted by Crippen LogP contribution is -2.50. The van der Waals surface area contributed by atoms with Crippen molar-refractivity contribution < 1.29 is 13.2 Å². The van der Waals surface area contributed by atoms with Crippen molar-refractivity contribution in [1.29, 1.82) is 0 Å². The summed E-state index contributed by atoms with van der Waals surface area (Å²) < 4.78 is 26.7. The topological polar surface area (TPSA) is 69.7 Å². The fourth-order valence-electron chi connectivity index (χ4n) is 3.00. The summed E-state index contributed by atoms with van der Waals surface area (Å²) in [4.78, 5) is 14.5. The van der Waals surface area contributed by atoms with Crippen LogP contribution < -0.4 is 5.32 Å². The second kappa shape index (κ2) is 7.99. The van der Waals surface area contributed by atoms with Crippen molar-refractivity contribution in [3.05, 3.63) is 60.2 Å². The average Bonchev–Trinajstić information content (AvgIpc) is 2.63. The van der Waals surface area contributed by atoms with Crippen molar-refractivity contribution in [3.8, 4) is 0 Å². The largest absolute Gasteiger partial charge is 0.325 e. The SMILES string of the molecule is Cc1cccc(NC(=O)CN2CCN(S(=O)(=O)c3ccccc3)CC2)c1. The number of rotatable bonds is 5. The number of carbonyl (C=O) groups is 1. The third-order valence-corrected chi connectivity index (χ3v) is 6.29. The number of carbonyl (C=O) groups excluding carboxylic acids is 1. The molecular weight excluding hydrogens is 350 g/mol. The molecule has 1 N–H and O–H groups in total. The number of piperazine rings is 1. The number of benzene rings is 2. The lowest BCUT2D eigenvalue weighted by molar-refractivity contribution is -0.117. The Morgan fingerprint density at radius 1 is 1.00 bits per heavy atom. The first-order valence-corrected chi connectivity index (χ1v) is 10.0. The molecule has 0 bridgehead atoms. The van der Waals surface area contributed by atoms with Gasteiger partial charge in [0.1, 0.15) is 0 Å². The van der Waals surface area contributed by atoms with E-state index in [9.17, 15) is 13.2 Å². The van der Waals surface area contributed by atoms with E-state index in [2.05, 4.69) is 5.32 Å². The predicted molar refractivity (Wildman–Crippen MR) is 101 cm³/mol. The Hall–Kier alpha value is -2.22. The Morgan fingerprint density at radius 2 is 1.69 bits per heavy atom. The van der Waals surface area contributed by atoms with E-state index in [1.807, 2.05) is 36.1 Å². The maximum absolute atomic E-state index is 12.6. The van der Waals surface area contributed by atoms with E-state index in [0.717, 1.165) is 11.3 Å². The van der Waals surface area contributed by atoms with Gasteiger partial charge in [-0.15, -0.1) is 0 Å². The first-order chi connectivity index (χ1) is 12.4. The van der Waals surface area contributed by atoms with Crippen molar-refractivity contribution in [2.75, 3.05) is 38.0 Å². The Labute approximate surface area is 154 Å². The zero-order valence-electron chi connectivity index (χ0n) is 14.8. The van der Waals surface area contributed by atoms with Gasteiger partial charge in [-0.3, -0.25) is 9.69 Å². The molecule has 0 unspecified atom stereocenters. The average molecular weight is 373 g/mol. The number of anilines is 1. The molecule has 0 saturated carbocycles. The summed E-state index contributed by atoms with van der Waals surface area (Å²) in [5.74, 6) is -0.0880. The molecule has 2 aromatic rings. The molecule has 0 aromatic heterocycles. The van der Waals surface area contributed by atoms with Gasteiger partial charge in [0.2, 0.25) is 15.9 Å². The normalized spacial score (nSPS) is 16.3. The Bertz CT molecular complexity index is 861. The third-order valence-electron chi connectivity index (χ3n) is 4.38. The molecule has 2 aromatic carbocycles. The van der Waals surface area contributed by atoms with Crippen LogP contribution in [0, 0.1) is 6.92 Å². The highest BCUT2D eigenvalue weighted by Crippen LogP contribution is 2.17. The second-order valence-corrected chi connectivity index (χ2v) is 8.35. The lowest BCUT2D eigenvalue weighted by Gasteiger charge is -2.33. The van der Waals surface area contributed by atoms with Gasteiger partial charge < -0.3 is 5.32 Å². The third kappa shape index (κ3) is 4.49. The molecule has 3 rings (SSSR count). The first kappa shape index (κ1) is 18.6. The Balaban J connectivity index is 1.53. The minimum Gasteiger partial charge on any atom is -0.325 e. The molecule has 0 radical (unpaired) electrons. The quantitative estimate of drug-likeness (QED) is 0.870. The van der Waals surface area contributed by atoms with Crippen molar-refractivity contribution in [3.63, 3.8) is 0 Å². The predicted octanol–water partition coefficient (Wildman–Crippen LogP) is 1.94. The highest BCUT2D eigenvalue weighted by atomic mass is 32.2. The van der Waals surface area contributed by atoms with Gasteiger partial charge in [0, 0.05) is 31.9 Å². The number of aryl methyl sites for hydroxylation is 1. The van der Waals surface area contributed by atoms with Crippen molar-refractivity contribution in [2.45, 2.75) is 11.8 Å².